The van der Waals surface area contributed by atoms with Crippen molar-refractivity contribution in [2.45, 2.75) is 65.6 Å². The average molecular weight is 606 g/mol. The van der Waals surface area contributed by atoms with Gasteiger partial charge in [0.1, 0.15) is 5.75 Å². The molecule has 2 aromatic carbocycles. The van der Waals surface area contributed by atoms with E-state index in [9.17, 15) is 9.59 Å². The number of ether oxygens (including phenoxy) is 2. The van der Waals surface area contributed by atoms with Gasteiger partial charge in [-0.05, 0) is 77.3 Å². The highest BCUT2D eigenvalue weighted by molar-refractivity contribution is 6.43. The second-order valence-electron chi connectivity index (χ2n) is 10.9. The van der Waals surface area contributed by atoms with E-state index in [0.717, 1.165) is 62.5 Å². The Morgan fingerprint density at radius 2 is 1.76 bits per heavy atom. The summed E-state index contributed by atoms with van der Waals surface area (Å²) in [5, 5.41) is 1.21. The molecule has 41 heavy (non-hydrogen) atoms. The largest absolute Gasteiger partial charge is 0.494 e. The van der Waals surface area contributed by atoms with Crippen molar-refractivity contribution in [1.29, 1.82) is 0 Å². The number of hydrogen-bond acceptors (Lipinski definition) is 6. The summed E-state index contributed by atoms with van der Waals surface area (Å²) in [6.07, 6.45) is 1.87. The van der Waals surface area contributed by atoms with E-state index in [1.165, 1.54) is 0 Å². The molecule has 0 radical (unpaired) electrons. The number of halogens is 2. The van der Waals surface area contributed by atoms with E-state index < -0.39 is 12.3 Å². The average Bonchev–Trinajstić information content (AvgIpc) is 2.94. The molecule has 1 unspecified atom stereocenters. The van der Waals surface area contributed by atoms with Crippen molar-refractivity contribution >= 4 is 46.6 Å². The van der Waals surface area contributed by atoms with Gasteiger partial charge in [-0.15, -0.1) is 0 Å². The van der Waals surface area contributed by atoms with Gasteiger partial charge in [-0.2, -0.15) is 0 Å². The van der Waals surface area contributed by atoms with Crippen molar-refractivity contribution in [2.75, 3.05) is 55.7 Å². The molecule has 2 aliphatic heterocycles. The Bertz CT molecular complexity index is 1200. The van der Waals surface area contributed by atoms with Crippen molar-refractivity contribution in [2.24, 2.45) is 0 Å². The van der Waals surface area contributed by atoms with E-state index in [4.69, 9.17) is 32.7 Å². The Morgan fingerprint density at radius 3 is 2.46 bits per heavy atom. The summed E-state index contributed by atoms with van der Waals surface area (Å²) in [4.78, 5) is 33.6. The zero-order valence-electron chi connectivity index (χ0n) is 24.6. The summed E-state index contributed by atoms with van der Waals surface area (Å²) in [5.41, 5.74) is 2.81. The van der Waals surface area contributed by atoms with Crippen molar-refractivity contribution in [3.63, 3.8) is 0 Å². The highest BCUT2D eigenvalue weighted by Gasteiger charge is 2.32. The number of anilines is 2. The lowest BCUT2D eigenvalue weighted by Crippen LogP contribution is -2.47. The van der Waals surface area contributed by atoms with Crippen LogP contribution in [0.2, 0.25) is 10.0 Å². The molecular weight excluding hydrogens is 563 g/mol. The van der Waals surface area contributed by atoms with Crippen LogP contribution in [-0.2, 0) is 16.0 Å². The molecule has 0 spiro atoms. The van der Waals surface area contributed by atoms with E-state index in [0.29, 0.717) is 41.8 Å². The second-order valence-corrected chi connectivity index (χ2v) is 11.7. The first kappa shape index (κ1) is 31.3. The smallest absolute Gasteiger partial charge is 0.411 e. The normalized spacial score (nSPS) is 16.5. The molecule has 0 saturated carbocycles. The van der Waals surface area contributed by atoms with E-state index >= 15 is 0 Å². The molecule has 10 heteroatoms. The van der Waals surface area contributed by atoms with Crippen LogP contribution in [0.15, 0.2) is 36.4 Å². The number of rotatable bonds is 11. The molecule has 0 N–H and O–H groups in total. The standard InChI is InChI=1S/C31H42Cl2N4O4/c1-5-36(22(2)3)31(39)41-23(4)37-28-21-25(13-11-24(28)12-14-29(37)38)40-20-7-6-15-34-16-18-35(19-17-34)27-10-8-9-26(32)30(27)33/h8-11,13,21-23H,5-7,12,14-20H2,1-4H3. The molecule has 1 saturated heterocycles. The molecular formula is C31H42Cl2N4O4. The van der Waals surface area contributed by atoms with Crippen LogP contribution in [0.25, 0.3) is 0 Å². The Hall–Kier alpha value is -2.68. The maximum absolute atomic E-state index is 12.9. The van der Waals surface area contributed by atoms with E-state index in [1.54, 1.807) is 16.7 Å². The van der Waals surface area contributed by atoms with Crippen molar-refractivity contribution in [3.05, 3.63) is 52.0 Å². The van der Waals surface area contributed by atoms with Gasteiger partial charge in [-0.25, -0.2) is 4.79 Å². The van der Waals surface area contributed by atoms with Crippen LogP contribution in [-0.4, -0.2) is 79.9 Å². The zero-order chi connectivity index (χ0) is 29.5. The van der Waals surface area contributed by atoms with Crippen LogP contribution in [0.1, 0.15) is 52.5 Å². The molecule has 0 aliphatic carbocycles. The van der Waals surface area contributed by atoms with Crippen LogP contribution in [0.5, 0.6) is 5.75 Å². The predicted molar refractivity (Wildman–Crippen MR) is 166 cm³/mol. The van der Waals surface area contributed by atoms with Gasteiger partial charge in [-0.1, -0.05) is 35.3 Å². The minimum atomic E-state index is -0.715. The lowest BCUT2D eigenvalue weighted by atomic mass is 10.0. The Balaban J connectivity index is 1.25. The molecule has 2 heterocycles. The van der Waals surface area contributed by atoms with Gasteiger partial charge in [0.25, 0.3) is 0 Å². The lowest BCUT2D eigenvalue weighted by Gasteiger charge is -2.36. The van der Waals surface area contributed by atoms with Gasteiger partial charge < -0.3 is 19.3 Å². The Morgan fingerprint density at radius 1 is 1.00 bits per heavy atom. The quantitative estimate of drug-likeness (QED) is 0.274. The predicted octanol–water partition coefficient (Wildman–Crippen LogP) is 6.47. The molecule has 0 bridgehead atoms. The number of carbonyl (C=O) groups excluding carboxylic acids is 2. The van der Waals surface area contributed by atoms with Crippen LogP contribution in [0.3, 0.4) is 0 Å². The third kappa shape index (κ3) is 7.79. The maximum Gasteiger partial charge on any atom is 0.411 e. The minimum Gasteiger partial charge on any atom is -0.494 e. The highest BCUT2D eigenvalue weighted by atomic mass is 35.5. The van der Waals surface area contributed by atoms with Crippen LogP contribution >= 0.6 is 23.2 Å². The van der Waals surface area contributed by atoms with Gasteiger partial charge in [0.05, 0.1) is 28.0 Å². The van der Waals surface area contributed by atoms with E-state index in [1.807, 2.05) is 57.2 Å². The number of unbranched alkanes of at least 4 members (excludes halogenated alkanes) is 1. The van der Waals surface area contributed by atoms with Gasteiger partial charge in [0, 0.05) is 51.3 Å². The summed E-state index contributed by atoms with van der Waals surface area (Å²) in [6, 6.07) is 11.7. The SMILES string of the molecule is CCN(C(=O)OC(C)N1C(=O)CCc2ccc(OCCCCN3CCN(c4cccc(Cl)c4Cl)CC3)cc21)C(C)C. The third-order valence-electron chi connectivity index (χ3n) is 7.81. The van der Waals surface area contributed by atoms with E-state index in [2.05, 4.69) is 9.80 Å². The van der Waals surface area contributed by atoms with Gasteiger partial charge in [-0.3, -0.25) is 14.6 Å². The lowest BCUT2D eigenvalue weighted by molar-refractivity contribution is -0.120. The van der Waals surface area contributed by atoms with Gasteiger partial charge in [0.15, 0.2) is 6.23 Å². The summed E-state index contributed by atoms with van der Waals surface area (Å²) in [5.74, 6) is 0.659. The number of benzene rings is 2. The molecule has 2 aliphatic rings. The summed E-state index contributed by atoms with van der Waals surface area (Å²) < 4.78 is 11.8. The minimum absolute atomic E-state index is 0.0154. The summed E-state index contributed by atoms with van der Waals surface area (Å²) >= 11 is 12.6. The number of piperazine rings is 1. The second kappa shape index (κ2) is 14.5. The fraction of sp³-hybridized carbons (Fsp3) is 0.548. The summed E-state index contributed by atoms with van der Waals surface area (Å²) in [7, 11) is 0. The molecule has 1 fully saturated rings. The van der Waals surface area contributed by atoms with Gasteiger partial charge in [0.2, 0.25) is 5.91 Å². The fourth-order valence-corrected chi connectivity index (χ4v) is 5.93. The number of fused-ring (bicyclic) bond motifs is 1. The van der Waals surface area contributed by atoms with Crippen LogP contribution < -0.4 is 14.5 Å². The number of nitrogens with zero attached hydrogens (tertiary/aromatic N) is 4. The Labute approximate surface area is 254 Å². The number of carbonyl (C=O) groups is 2. The molecule has 8 nitrogen and oxygen atoms in total. The van der Waals surface area contributed by atoms with Crippen molar-refractivity contribution < 1.29 is 19.1 Å². The fourth-order valence-electron chi connectivity index (χ4n) is 5.51. The highest BCUT2D eigenvalue weighted by Crippen LogP contribution is 2.34. The zero-order valence-corrected chi connectivity index (χ0v) is 26.1. The monoisotopic (exact) mass is 604 g/mol. The maximum atomic E-state index is 12.9. The number of amides is 2. The first-order valence-corrected chi connectivity index (χ1v) is 15.4. The third-order valence-corrected chi connectivity index (χ3v) is 8.62. The number of hydrogen-bond donors (Lipinski definition) is 0. The van der Waals surface area contributed by atoms with Crippen LogP contribution in [0, 0.1) is 0 Å². The summed E-state index contributed by atoms with van der Waals surface area (Å²) in [6.45, 7) is 13.5. The molecule has 2 aromatic rings. The molecule has 4 rings (SSSR count). The first-order chi connectivity index (χ1) is 19.7. The van der Waals surface area contributed by atoms with Crippen molar-refractivity contribution in [1.82, 2.24) is 9.80 Å². The molecule has 0 aromatic heterocycles. The number of aryl methyl sites for hydroxylation is 1. The molecule has 2 amide bonds. The Kier molecular flexibility index (Phi) is 11.0. The van der Waals surface area contributed by atoms with Crippen molar-refractivity contribution in [3.8, 4) is 5.75 Å². The first-order valence-electron chi connectivity index (χ1n) is 14.7. The molecule has 1 atom stereocenters. The van der Waals surface area contributed by atoms with Crippen LogP contribution in [0.4, 0.5) is 16.2 Å². The topological polar surface area (TPSA) is 65.6 Å². The van der Waals surface area contributed by atoms with Gasteiger partial charge >= 0.3 is 6.09 Å². The molecule has 224 valence electrons. The van der Waals surface area contributed by atoms with E-state index in [-0.39, 0.29) is 11.9 Å².